The summed E-state index contributed by atoms with van der Waals surface area (Å²) in [5.41, 5.74) is 1.53. The summed E-state index contributed by atoms with van der Waals surface area (Å²) >= 11 is 6.08. The van der Waals surface area contributed by atoms with Gasteiger partial charge in [-0.15, -0.1) is 0 Å². The van der Waals surface area contributed by atoms with Crippen molar-refractivity contribution in [2.45, 2.75) is 31.1 Å². The molecule has 1 aliphatic heterocycles. The minimum Gasteiger partial charge on any atom is -0.355 e. The molecule has 0 aliphatic carbocycles. The summed E-state index contributed by atoms with van der Waals surface area (Å²) in [4.78, 5) is 14.6. The molecule has 3 aromatic rings. The monoisotopic (exact) mass is 433 g/mol. The number of benzene rings is 2. The Labute approximate surface area is 173 Å². The highest BCUT2D eigenvalue weighted by Crippen LogP contribution is 2.28. The highest BCUT2D eigenvalue weighted by Gasteiger charge is 2.25. The number of carbonyl (C=O) groups is 1. The van der Waals surface area contributed by atoms with E-state index < -0.39 is 10.0 Å². The number of anilines is 1. The van der Waals surface area contributed by atoms with Crippen LogP contribution in [0.4, 0.5) is 5.69 Å². The maximum atomic E-state index is 12.9. The van der Waals surface area contributed by atoms with Crippen molar-refractivity contribution in [3.05, 3.63) is 52.7 Å². The van der Waals surface area contributed by atoms with E-state index in [2.05, 4.69) is 9.88 Å². The van der Waals surface area contributed by atoms with Crippen molar-refractivity contribution < 1.29 is 17.7 Å². The Kier molecular flexibility index (Phi) is 5.23. The zero-order valence-electron chi connectivity index (χ0n) is 15.8. The fraction of sp³-hybridized carbons (Fsp3) is 0.300. The largest absolute Gasteiger partial charge is 0.355 e. The van der Waals surface area contributed by atoms with Crippen LogP contribution in [0.3, 0.4) is 0 Å². The molecule has 2 aromatic carbocycles. The van der Waals surface area contributed by atoms with Crippen molar-refractivity contribution in [2.24, 2.45) is 0 Å². The second-order valence-corrected chi connectivity index (χ2v) is 9.15. The molecule has 0 atom stereocenters. The number of nitrogens with one attached hydrogen (secondary N) is 1. The van der Waals surface area contributed by atoms with E-state index in [0.29, 0.717) is 40.3 Å². The molecule has 1 N–H and O–H groups in total. The van der Waals surface area contributed by atoms with E-state index in [1.54, 1.807) is 30.0 Å². The summed E-state index contributed by atoms with van der Waals surface area (Å²) in [5.74, 6) is -0.239. The number of hydrogen-bond acceptors (Lipinski definition) is 5. The Morgan fingerprint density at radius 1 is 1.17 bits per heavy atom. The van der Waals surface area contributed by atoms with E-state index in [-0.39, 0.29) is 16.5 Å². The lowest BCUT2D eigenvalue weighted by Gasteiger charge is -2.25. The van der Waals surface area contributed by atoms with Gasteiger partial charge < -0.3 is 9.42 Å². The Hall–Kier alpha value is -2.58. The van der Waals surface area contributed by atoms with Crippen molar-refractivity contribution >= 4 is 44.2 Å². The summed E-state index contributed by atoms with van der Waals surface area (Å²) in [6.07, 6.45) is 2.99. The highest BCUT2D eigenvalue weighted by atomic mass is 35.5. The van der Waals surface area contributed by atoms with Gasteiger partial charge in [0.2, 0.25) is 0 Å². The van der Waals surface area contributed by atoms with Crippen LogP contribution in [0.5, 0.6) is 0 Å². The van der Waals surface area contributed by atoms with Crippen molar-refractivity contribution in [3.63, 3.8) is 0 Å². The van der Waals surface area contributed by atoms with Gasteiger partial charge in [-0.3, -0.25) is 9.52 Å². The van der Waals surface area contributed by atoms with Crippen molar-refractivity contribution in [3.8, 4) is 0 Å². The molecule has 1 saturated heterocycles. The van der Waals surface area contributed by atoms with E-state index >= 15 is 0 Å². The van der Waals surface area contributed by atoms with E-state index in [0.717, 1.165) is 19.3 Å². The fourth-order valence-corrected chi connectivity index (χ4v) is 4.73. The normalized spacial score (nSPS) is 14.9. The third kappa shape index (κ3) is 3.82. The SMILES string of the molecule is Cc1c(Cl)cccc1NS(=O)(=O)c1ccc2onc(C(=O)N3CCCCC3)c2c1. The minimum atomic E-state index is -3.89. The van der Waals surface area contributed by atoms with Crippen LogP contribution in [0.25, 0.3) is 11.0 Å². The summed E-state index contributed by atoms with van der Waals surface area (Å²) in [6.45, 7) is 3.07. The molecular weight excluding hydrogens is 414 g/mol. The number of fused-ring (bicyclic) bond motifs is 1. The number of piperidine rings is 1. The molecule has 1 amide bonds. The number of carbonyl (C=O) groups excluding carboxylic acids is 1. The third-order valence-corrected chi connectivity index (χ3v) is 6.88. The van der Waals surface area contributed by atoms with Crippen molar-refractivity contribution in [1.82, 2.24) is 10.1 Å². The first-order valence-electron chi connectivity index (χ1n) is 9.33. The number of amides is 1. The first-order chi connectivity index (χ1) is 13.9. The molecule has 9 heteroatoms. The van der Waals surface area contributed by atoms with Crippen LogP contribution in [-0.2, 0) is 10.0 Å². The number of nitrogens with zero attached hydrogens (tertiary/aromatic N) is 2. The lowest BCUT2D eigenvalue weighted by molar-refractivity contribution is 0.0716. The predicted octanol–water partition coefficient (Wildman–Crippen LogP) is 4.22. The van der Waals surface area contributed by atoms with Crippen LogP contribution in [-0.4, -0.2) is 37.5 Å². The topological polar surface area (TPSA) is 92.5 Å². The van der Waals surface area contributed by atoms with Gasteiger partial charge in [0, 0.05) is 18.1 Å². The van der Waals surface area contributed by atoms with Crippen LogP contribution < -0.4 is 4.72 Å². The molecule has 0 unspecified atom stereocenters. The lowest BCUT2D eigenvalue weighted by atomic mass is 10.1. The number of likely N-dealkylation sites (tertiary alicyclic amines) is 1. The van der Waals surface area contributed by atoms with Crippen molar-refractivity contribution in [1.29, 1.82) is 0 Å². The summed E-state index contributed by atoms with van der Waals surface area (Å²) in [7, 11) is -3.89. The third-order valence-electron chi connectivity index (χ3n) is 5.11. The van der Waals surface area contributed by atoms with Gasteiger partial charge in [0.1, 0.15) is 0 Å². The van der Waals surface area contributed by atoms with Crippen LogP contribution >= 0.6 is 11.6 Å². The zero-order valence-corrected chi connectivity index (χ0v) is 17.4. The molecule has 0 bridgehead atoms. The molecule has 152 valence electrons. The average Bonchev–Trinajstić information content (AvgIpc) is 3.15. The van der Waals surface area contributed by atoms with Crippen molar-refractivity contribution in [2.75, 3.05) is 17.8 Å². The van der Waals surface area contributed by atoms with Gasteiger partial charge in [0.15, 0.2) is 11.3 Å². The fourth-order valence-electron chi connectivity index (χ4n) is 3.41. The van der Waals surface area contributed by atoms with E-state index in [4.69, 9.17) is 16.1 Å². The van der Waals surface area contributed by atoms with Gasteiger partial charge in [-0.2, -0.15) is 0 Å². The van der Waals surface area contributed by atoms with Crippen LogP contribution in [0.15, 0.2) is 45.8 Å². The first kappa shape index (κ1) is 19.7. The molecule has 0 spiro atoms. The number of halogens is 1. The van der Waals surface area contributed by atoms with Gasteiger partial charge in [0.05, 0.1) is 16.0 Å². The smallest absolute Gasteiger partial charge is 0.276 e. The predicted molar refractivity (Wildman–Crippen MR) is 111 cm³/mol. The summed E-state index contributed by atoms with van der Waals surface area (Å²) < 4.78 is 33.6. The number of hydrogen-bond donors (Lipinski definition) is 1. The Balaban J connectivity index is 1.69. The van der Waals surface area contributed by atoms with Crippen LogP contribution in [0.1, 0.15) is 35.3 Å². The first-order valence-corrected chi connectivity index (χ1v) is 11.2. The van der Waals surface area contributed by atoms with Gasteiger partial charge in [-0.25, -0.2) is 8.42 Å². The summed E-state index contributed by atoms with van der Waals surface area (Å²) in [6, 6.07) is 9.36. The molecule has 2 heterocycles. The molecule has 1 aromatic heterocycles. The highest BCUT2D eigenvalue weighted by molar-refractivity contribution is 7.92. The summed E-state index contributed by atoms with van der Waals surface area (Å²) in [5, 5.41) is 4.75. The Morgan fingerprint density at radius 3 is 2.69 bits per heavy atom. The molecule has 29 heavy (non-hydrogen) atoms. The maximum absolute atomic E-state index is 12.9. The molecule has 0 saturated carbocycles. The molecule has 0 radical (unpaired) electrons. The molecule has 1 fully saturated rings. The lowest BCUT2D eigenvalue weighted by Crippen LogP contribution is -2.35. The van der Waals surface area contributed by atoms with E-state index in [9.17, 15) is 13.2 Å². The number of rotatable bonds is 4. The maximum Gasteiger partial charge on any atom is 0.276 e. The average molecular weight is 434 g/mol. The Morgan fingerprint density at radius 2 is 1.93 bits per heavy atom. The van der Waals surface area contributed by atoms with Crippen LogP contribution in [0.2, 0.25) is 5.02 Å². The molecular formula is C20H20ClN3O4S. The van der Waals surface area contributed by atoms with Crippen LogP contribution in [0, 0.1) is 6.92 Å². The Bertz CT molecular complexity index is 1180. The number of aromatic nitrogens is 1. The molecule has 4 rings (SSSR count). The van der Waals surface area contributed by atoms with E-state index in [1.165, 1.54) is 18.2 Å². The van der Waals surface area contributed by atoms with E-state index in [1.807, 2.05) is 0 Å². The minimum absolute atomic E-state index is 0.0141. The second-order valence-electron chi connectivity index (χ2n) is 7.06. The molecule has 1 aliphatic rings. The standard InChI is InChI=1S/C20H20ClN3O4S/c1-13-16(21)6-5-7-17(13)23-29(26,27)14-8-9-18-15(12-14)19(22-28-18)20(25)24-10-3-2-4-11-24/h5-9,12,23H,2-4,10-11H2,1H3. The second kappa shape index (κ2) is 7.68. The zero-order chi connectivity index (χ0) is 20.6. The van der Waals surface area contributed by atoms with Gasteiger partial charge >= 0.3 is 0 Å². The number of sulfonamides is 1. The van der Waals surface area contributed by atoms with Gasteiger partial charge in [0.25, 0.3) is 15.9 Å². The van der Waals surface area contributed by atoms with Gasteiger partial charge in [-0.1, -0.05) is 22.8 Å². The van der Waals surface area contributed by atoms with Gasteiger partial charge in [-0.05, 0) is 62.1 Å². The molecule has 7 nitrogen and oxygen atoms in total. The quantitative estimate of drug-likeness (QED) is 0.665.